The fourth-order valence-corrected chi connectivity index (χ4v) is 3.63. The first-order chi connectivity index (χ1) is 13.4. The zero-order valence-electron chi connectivity index (χ0n) is 16.3. The molecule has 1 amide bonds. The van der Waals surface area contributed by atoms with E-state index in [0.29, 0.717) is 23.7 Å². The summed E-state index contributed by atoms with van der Waals surface area (Å²) in [4.78, 5) is 26.1. The number of rotatable bonds is 4. The highest BCUT2D eigenvalue weighted by molar-refractivity contribution is 5.92. The van der Waals surface area contributed by atoms with Crippen molar-refractivity contribution in [3.8, 4) is 11.4 Å². The van der Waals surface area contributed by atoms with Crippen molar-refractivity contribution in [3.63, 3.8) is 0 Å². The Labute approximate surface area is 163 Å². The number of fused-ring (bicyclic) bond motifs is 1. The lowest BCUT2D eigenvalue weighted by Gasteiger charge is -2.36. The Morgan fingerprint density at radius 2 is 2.21 bits per heavy atom. The van der Waals surface area contributed by atoms with Crippen LogP contribution in [0.3, 0.4) is 0 Å². The molecule has 0 aliphatic heterocycles. The minimum Gasteiger partial charge on any atom is -0.361 e. The number of amides is 1. The van der Waals surface area contributed by atoms with Crippen LogP contribution in [-0.4, -0.2) is 26.0 Å². The maximum absolute atomic E-state index is 12.7. The molecule has 144 valence electrons. The number of carbonyl (C=O) groups is 1. The van der Waals surface area contributed by atoms with E-state index in [2.05, 4.69) is 34.3 Å². The molecule has 28 heavy (non-hydrogen) atoms. The zero-order chi connectivity index (χ0) is 19.7. The molecule has 0 aromatic carbocycles. The largest absolute Gasteiger partial charge is 0.361 e. The second-order valence-electron chi connectivity index (χ2n) is 7.94. The molecule has 0 saturated heterocycles. The number of nitrogens with one attached hydrogen (secondary N) is 1. The van der Waals surface area contributed by atoms with E-state index >= 15 is 0 Å². The van der Waals surface area contributed by atoms with Gasteiger partial charge in [-0.25, -0.2) is 9.97 Å². The molecule has 7 heteroatoms. The Hall–Kier alpha value is -3.09. The average molecular weight is 377 g/mol. The van der Waals surface area contributed by atoms with Crippen LogP contribution in [0, 0.1) is 5.41 Å². The number of hydrogen-bond donors (Lipinski definition) is 1. The standard InChI is InChI=1S/C21H23N5O2/c1-4-14-8-16(26-28-14)20(27)25-18-10-21(2,3)9-17-15(18)12-23-19(24-17)13-6-5-7-22-11-13/h5-8,11-12,18H,4,9-10H2,1-3H3,(H,25,27). The summed E-state index contributed by atoms with van der Waals surface area (Å²) in [6.07, 6.45) is 7.64. The van der Waals surface area contributed by atoms with E-state index in [1.54, 1.807) is 18.5 Å². The fraction of sp³-hybridized carbons (Fsp3) is 0.381. The van der Waals surface area contributed by atoms with E-state index < -0.39 is 0 Å². The van der Waals surface area contributed by atoms with Gasteiger partial charge in [-0.2, -0.15) is 0 Å². The van der Waals surface area contributed by atoms with E-state index in [-0.39, 0.29) is 17.4 Å². The SMILES string of the molecule is CCc1cc(C(=O)NC2CC(C)(C)Cc3nc(-c4cccnc4)ncc32)no1. The smallest absolute Gasteiger partial charge is 0.273 e. The third kappa shape index (κ3) is 3.65. The molecule has 0 bridgehead atoms. The van der Waals surface area contributed by atoms with Crippen LogP contribution in [-0.2, 0) is 12.8 Å². The van der Waals surface area contributed by atoms with Crippen molar-refractivity contribution in [2.45, 2.75) is 46.1 Å². The molecule has 4 rings (SSSR count). The Kier molecular flexibility index (Phi) is 4.66. The summed E-state index contributed by atoms with van der Waals surface area (Å²) in [5.41, 5.74) is 3.10. The molecule has 3 aromatic rings. The van der Waals surface area contributed by atoms with Crippen LogP contribution in [0.5, 0.6) is 0 Å². The molecule has 1 aliphatic rings. The van der Waals surface area contributed by atoms with Gasteiger partial charge in [0.2, 0.25) is 0 Å². The Morgan fingerprint density at radius 3 is 2.93 bits per heavy atom. The van der Waals surface area contributed by atoms with Crippen LogP contribution in [0.25, 0.3) is 11.4 Å². The van der Waals surface area contributed by atoms with Gasteiger partial charge in [0.15, 0.2) is 11.5 Å². The summed E-state index contributed by atoms with van der Waals surface area (Å²) >= 11 is 0. The second kappa shape index (κ2) is 7.14. The monoisotopic (exact) mass is 377 g/mol. The maximum Gasteiger partial charge on any atom is 0.273 e. The van der Waals surface area contributed by atoms with Crippen molar-refractivity contribution < 1.29 is 9.32 Å². The Morgan fingerprint density at radius 1 is 1.36 bits per heavy atom. The molecule has 0 radical (unpaired) electrons. The van der Waals surface area contributed by atoms with Crippen LogP contribution in [0.2, 0.25) is 0 Å². The normalized spacial score (nSPS) is 17.8. The van der Waals surface area contributed by atoms with Crippen molar-refractivity contribution in [1.82, 2.24) is 25.4 Å². The van der Waals surface area contributed by atoms with Gasteiger partial charge in [0.05, 0.1) is 11.7 Å². The first-order valence-corrected chi connectivity index (χ1v) is 9.48. The first-order valence-electron chi connectivity index (χ1n) is 9.48. The summed E-state index contributed by atoms with van der Waals surface area (Å²) in [6.45, 7) is 6.33. The molecule has 7 nitrogen and oxygen atoms in total. The van der Waals surface area contributed by atoms with Crippen molar-refractivity contribution in [3.05, 3.63) is 59.5 Å². The first kappa shape index (κ1) is 18.3. The van der Waals surface area contributed by atoms with Gasteiger partial charge >= 0.3 is 0 Å². The van der Waals surface area contributed by atoms with Crippen LogP contribution < -0.4 is 5.32 Å². The van der Waals surface area contributed by atoms with Crippen LogP contribution in [0.15, 0.2) is 41.3 Å². The minimum absolute atomic E-state index is 0.00388. The topological polar surface area (TPSA) is 93.8 Å². The third-order valence-corrected chi connectivity index (χ3v) is 5.04. The van der Waals surface area contributed by atoms with E-state index in [9.17, 15) is 4.79 Å². The summed E-state index contributed by atoms with van der Waals surface area (Å²) in [5, 5.41) is 6.96. The predicted molar refractivity (Wildman–Crippen MR) is 103 cm³/mol. The van der Waals surface area contributed by atoms with Crippen molar-refractivity contribution in [2.24, 2.45) is 5.41 Å². The zero-order valence-corrected chi connectivity index (χ0v) is 16.3. The van der Waals surface area contributed by atoms with Gasteiger partial charge in [0.25, 0.3) is 5.91 Å². The lowest BCUT2D eigenvalue weighted by molar-refractivity contribution is 0.0909. The molecule has 1 aliphatic carbocycles. The average Bonchev–Trinajstić information content (AvgIpc) is 3.17. The van der Waals surface area contributed by atoms with E-state index in [1.165, 1.54) is 0 Å². The van der Waals surface area contributed by atoms with Gasteiger partial charge in [-0.15, -0.1) is 0 Å². The van der Waals surface area contributed by atoms with Gasteiger partial charge < -0.3 is 9.84 Å². The summed E-state index contributed by atoms with van der Waals surface area (Å²) in [6, 6.07) is 5.33. The second-order valence-corrected chi connectivity index (χ2v) is 7.94. The number of hydrogen-bond acceptors (Lipinski definition) is 6. The predicted octanol–water partition coefficient (Wildman–Crippen LogP) is 3.53. The van der Waals surface area contributed by atoms with E-state index in [4.69, 9.17) is 9.51 Å². The molecule has 1 atom stereocenters. The molecule has 0 saturated carbocycles. The number of aryl methyl sites for hydroxylation is 1. The van der Waals surface area contributed by atoms with Gasteiger partial charge in [-0.3, -0.25) is 9.78 Å². The molecular weight excluding hydrogens is 354 g/mol. The number of carbonyl (C=O) groups excluding carboxylic acids is 1. The molecule has 3 aromatic heterocycles. The van der Waals surface area contributed by atoms with Gasteiger partial charge in [0.1, 0.15) is 5.76 Å². The number of pyridine rings is 1. The van der Waals surface area contributed by atoms with Crippen LogP contribution in [0.4, 0.5) is 0 Å². The highest BCUT2D eigenvalue weighted by Crippen LogP contribution is 2.40. The van der Waals surface area contributed by atoms with Gasteiger partial charge in [-0.05, 0) is 30.4 Å². The van der Waals surface area contributed by atoms with Crippen molar-refractivity contribution >= 4 is 5.91 Å². The molecular formula is C21H23N5O2. The lowest BCUT2D eigenvalue weighted by atomic mass is 9.74. The quantitative estimate of drug-likeness (QED) is 0.747. The van der Waals surface area contributed by atoms with Crippen molar-refractivity contribution in [1.29, 1.82) is 0 Å². The van der Waals surface area contributed by atoms with Gasteiger partial charge in [-0.1, -0.05) is 25.9 Å². The van der Waals surface area contributed by atoms with Crippen LogP contribution >= 0.6 is 0 Å². The summed E-state index contributed by atoms with van der Waals surface area (Å²) in [5.74, 6) is 1.10. The van der Waals surface area contributed by atoms with Crippen molar-refractivity contribution in [2.75, 3.05) is 0 Å². The van der Waals surface area contributed by atoms with E-state index in [1.807, 2.05) is 25.3 Å². The summed E-state index contributed by atoms with van der Waals surface area (Å²) < 4.78 is 5.16. The lowest BCUT2D eigenvalue weighted by Crippen LogP contribution is -2.37. The molecule has 0 spiro atoms. The Balaban J connectivity index is 1.63. The number of nitrogens with zero attached hydrogens (tertiary/aromatic N) is 4. The van der Waals surface area contributed by atoms with E-state index in [0.717, 1.165) is 29.7 Å². The highest BCUT2D eigenvalue weighted by atomic mass is 16.5. The maximum atomic E-state index is 12.7. The molecule has 3 heterocycles. The summed E-state index contributed by atoms with van der Waals surface area (Å²) in [7, 11) is 0. The molecule has 1 N–H and O–H groups in total. The van der Waals surface area contributed by atoms with Crippen LogP contribution in [0.1, 0.15) is 60.7 Å². The van der Waals surface area contributed by atoms with Gasteiger partial charge in [0, 0.05) is 42.2 Å². The minimum atomic E-state index is -0.242. The molecule has 0 fully saturated rings. The highest BCUT2D eigenvalue weighted by Gasteiger charge is 2.35. The molecule has 1 unspecified atom stereocenters. The Bertz CT molecular complexity index is 997. The fourth-order valence-electron chi connectivity index (χ4n) is 3.63. The third-order valence-electron chi connectivity index (χ3n) is 5.04. The number of aromatic nitrogens is 4.